The lowest BCUT2D eigenvalue weighted by Gasteiger charge is -2.15. The minimum atomic E-state index is -4.18. The summed E-state index contributed by atoms with van der Waals surface area (Å²) >= 11 is 0. The van der Waals surface area contributed by atoms with E-state index in [1.807, 2.05) is 0 Å². The lowest BCUT2D eigenvalue weighted by Crippen LogP contribution is -2.28. The number of carbonyl (C=O) groups is 1. The molecule has 0 N–H and O–H groups in total. The first-order valence-corrected chi connectivity index (χ1v) is 8.63. The van der Waals surface area contributed by atoms with Gasteiger partial charge in [0.15, 0.2) is 0 Å². The van der Waals surface area contributed by atoms with E-state index in [4.69, 9.17) is 0 Å². The Bertz CT molecular complexity index is 1070. The molecule has 1 aromatic heterocycles. The van der Waals surface area contributed by atoms with Crippen molar-refractivity contribution in [2.45, 2.75) is 18.7 Å². The highest BCUT2D eigenvalue weighted by molar-refractivity contribution is 6.01. The number of halogens is 7. The van der Waals surface area contributed by atoms with Crippen LogP contribution in [-0.4, -0.2) is 23.6 Å². The Hall–Kier alpha value is -3.43. The first-order chi connectivity index (χ1) is 14.6. The number of nitrogens with zero attached hydrogens (tertiary/aromatic N) is 1. The summed E-state index contributed by atoms with van der Waals surface area (Å²) < 4.78 is 97.3. The van der Waals surface area contributed by atoms with Gasteiger partial charge in [-0.2, -0.15) is 13.2 Å². The molecule has 0 amide bonds. The van der Waals surface area contributed by atoms with Crippen LogP contribution in [0.15, 0.2) is 60.8 Å². The van der Waals surface area contributed by atoms with Crippen LogP contribution in [-0.2, 0) is 5.92 Å². The third-order valence-electron chi connectivity index (χ3n) is 4.18. The highest BCUT2D eigenvalue weighted by atomic mass is 19.3. The molecule has 3 rings (SSSR count). The Labute approximate surface area is 171 Å². The average Bonchev–Trinajstić information content (AvgIpc) is 2.74. The number of ether oxygens (including phenoxy) is 1. The molecule has 1 heterocycles. The minimum absolute atomic E-state index is 0.167. The second-order valence-electron chi connectivity index (χ2n) is 6.29. The molecule has 0 saturated heterocycles. The van der Waals surface area contributed by atoms with Crippen LogP contribution in [0.25, 0.3) is 11.1 Å². The van der Waals surface area contributed by atoms with Gasteiger partial charge in [-0.25, -0.2) is 17.6 Å². The van der Waals surface area contributed by atoms with Gasteiger partial charge in [-0.15, -0.1) is 0 Å². The second kappa shape index (κ2) is 8.75. The standard InChI is InChI=1S/C21H12F7NO2/c22-13-4-7-15(16(23)9-13)18(30)21(27,28)17-8-3-12(10-29-17)11-1-5-14(6-2-11)31-20(26)19(24)25/h1-10,19-20H. The number of hydrogen-bond acceptors (Lipinski definition) is 3. The first kappa shape index (κ1) is 22.3. The van der Waals surface area contributed by atoms with Crippen molar-refractivity contribution in [2.24, 2.45) is 0 Å². The number of rotatable bonds is 7. The molecule has 3 nitrogen and oxygen atoms in total. The Morgan fingerprint density at radius 3 is 2.10 bits per heavy atom. The number of hydrogen-bond donors (Lipinski definition) is 0. The molecule has 0 fully saturated rings. The van der Waals surface area contributed by atoms with Gasteiger partial charge in [-0.1, -0.05) is 18.2 Å². The fourth-order valence-corrected chi connectivity index (χ4v) is 2.62. The normalized spacial score (nSPS) is 12.6. The lowest BCUT2D eigenvalue weighted by atomic mass is 10.0. The van der Waals surface area contributed by atoms with Crippen molar-refractivity contribution < 1.29 is 40.3 Å². The molecule has 2 aromatic carbocycles. The van der Waals surface area contributed by atoms with Gasteiger partial charge in [0.1, 0.15) is 23.1 Å². The number of carbonyl (C=O) groups excluding carboxylic acids is 1. The minimum Gasteiger partial charge on any atom is -0.454 e. The highest BCUT2D eigenvalue weighted by Gasteiger charge is 2.44. The van der Waals surface area contributed by atoms with Gasteiger partial charge in [0.2, 0.25) is 5.78 Å². The molecular formula is C21H12F7NO2. The van der Waals surface area contributed by atoms with Gasteiger partial charge in [-0.05, 0) is 35.9 Å². The van der Waals surface area contributed by atoms with E-state index in [0.717, 1.165) is 12.3 Å². The monoisotopic (exact) mass is 443 g/mol. The van der Waals surface area contributed by atoms with E-state index in [2.05, 4.69) is 9.72 Å². The smallest absolute Gasteiger partial charge is 0.351 e. The van der Waals surface area contributed by atoms with Crippen LogP contribution in [0.5, 0.6) is 5.75 Å². The van der Waals surface area contributed by atoms with Gasteiger partial charge >= 0.3 is 12.3 Å². The Morgan fingerprint density at radius 1 is 0.903 bits per heavy atom. The van der Waals surface area contributed by atoms with E-state index in [1.165, 1.54) is 30.3 Å². The van der Waals surface area contributed by atoms with Crippen molar-refractivity contribution in [1.82, 2.24) is 4.98 Å². The van der Waals surface area contributed by atoms with Crippen LogP contribution in [0.4, 0.5) is 30.7 Å². The summed E-state index contributed by atoms with van der Waals surface area (Å²) in [6.07, 6.45) is -5.09. The molecule has 0 aliphatic rings. The molecular weight excluding hydrogens is 431 g/mol. The van der Waals surface area contributed by atoms with Crippen molar-refractivity contribution in [3.05, 3.63) is 83.7 Å². The van der Waals surface area contributed by atoms with Crippen molar-refractivity contribution >= 4 is 5.78 Å². The Balaban J connectivity index is 1.79. The van der Waals surface area contributed by atoms with Gasteiger partial charge < -0.3 is 4.74 Å². The van der Waals surface area contributed by atoms with Crippen LogP contribution in [0.2, 0.25) is 0 Å². The fraction of sp³-hybridized carbons (Fsp3) is 0.143. The molecule has 0 aliphatic carbocycles. The SMILES string of the molecule is O=C(c1ccc(F)cc1F)C(F)(F)c1ccc(-c2ccc(OC(F)C(F)F)cc2)cn1. The molecule has 0 spiro atoms. The summed E-state index contributed by atoms with van der Waals surface area (Å²) in [6, 6.07) is 8.81. The zero-order chi connectivity index (χ0) is 22.8. The topological polar surface area (TPSA) is 39.2 Å². The van der Waals surface area contributed by atoms with Crippen molar-refractivity contribution in [3.63, 3.8) is 0 Å². The molecule has 0 saturated carbocycles. The van der Waals surface area contributed by atoms with Crippen molar-refractivity contribution in [3.8, 4) is 16.9 Å². The summed E-state index contributed by atoms with van der Waals surface area (Å²) in [5, 5.41) is 0. The maximum Gasteiger partial charge on any atom is 0.351 e. The van der Waals surface area contributed by atoms with Gasteiger partial charge in [0, 0.05) is 17.8 Å². The van der Waals surface area contributed by atoms with Crippen LogP contribution in [0, 0.1) is 11.6 Å². The van der Waals surface area contributed by atoms with Crippen LogP contribution >= 0.6 is 0 Å². The van der Waals surface area contributed by atoms with Gasteiger partial charge in [-0.3, -0.25) is 9.78 Å². The number of pyridine rings is 1. The summed E-state index contributed by atoms with van der Waals surface area (Å²) in [6.45, 7) is 0. The van der Waals surface area contributed by atoms with E-state index in [-0.39, 0.29) is 5.75 Å². The molecule has 0 radical (unpaired) electrons. The second-order valence-corrected chi connectivity index (χ2v) is 6.29. The van der Waals surface area contributed by atoms with Gasteiger partial charge in [0.25, 0.3) is 6.36 Å². The molecule has 3 aromatic rings. The van der Waals surface area contributed by atoms with E-state index < -0.39 is 47.4 Å². The lowest BCUT2D eigenvalue weighted by molar-refractivity contribution is -0.0668. The maximum atomic E-state index is 14.5. The van der Waals surface area contributed by atoms with Crippen LogP contribution in [0.1, 0.15) is 16.1 Å². The highest BCUT2D eigenvalue weighted by Crippen LogP contribution is 2.33. The molecule has 0 aliphatic heterocycles. The third kappa shape index (κ3) is 4.84. The van der Waals surface area contributed by atoms with E-state index in [1.54, 1.807) is 0 Å². The average molecular weight is 443 g/mol. The summed E-state index contributed by atoms with van der Waals surface area (Å²) in [4.78, 5) is 15.6. The predicted octanol–water partition coefficient (Wildman–Crippen LogP) is 5.94. The summed E-state index contributed by atoms with van der Waals surface area (Å²) in [5.41, 5.74) is -1.21. The quantitative estimate of drug-likeness (QED) is 0.335. The number of aromatic nitrogens is 1. The zero-order valence-electron chi connectivity index (χ0n) is 15.3. The number of benzene rings is 2. The molecule has 162 valence electrons. The summed E-state index contributed by atoms with van der Waals surface area (Å²) in [5.74, 6) is -8.68. The number of Topliss-reactive ketones (excluding diaryl/α,β-unsaturated/α-hetero) is 1. The molecule has 0 bridgehead atoms. The van der Waals surface area contributed by atoms with Gasteiger partial charge in [0.05, 0.1) is 5.56 Å². The maximum absolute atomic E-state index is 14.5. The van der Waals surface area contributed by atoms with E-state index in [0.29, 0.717) is 29.3 Å². The predicted molar refractivity (Wildman–Crippen MR) is 95.8 cm³/mol. The largest absolute Gasteiger partial charge is 0.454 e. The zero-order valence-corrected chi connectivity index (χ0v) is 15.3. The summed E-state index contributed by atoms with van der Waals surface area (Å²) in [7, 11) is 0. The fourth-order valence-electron chi connectivity index (χ4n) is 2.62. The Kier molecular flexibility index (Phi) is 6.28. The molecule has 31 heavy (non-hydrogen) atoms. The Morgan fingerprint density at radius 2 is 1.55 bits per heavy atom. The molecule has 1 unspecified atom stereocenters. The van der Waals surface area contributed by atoms with E-state index >= 15 is 0 Å². The first-order valence-electron chi connectivity index (χ1n) is 8.63. The number of alkyl halides is 5. The van der Waals surface area contributed by atoms with Crippen molar-refractivity contribution in [1.29, 1.82) is 0 Å². The number of ketones is 1. The van der Waals surface area contributed by atoms with Crippen LogP contribution < -0.4 is 4.74 Å². The molecule has 10 heteroatoms. The third-order valence-corrected chi connectivity index (χ3v) is 4.18. The van der Waals surface area contributed by atoms with Crippen molar-refractivity contribution in [2.75, 3.05) is 0 Å². The van der Waals surface area contributed by atoms with Crippen LogP contribution in [0.3, 0.4) is 0 Å². The molecule has 1 atom stereocenters. The van der Waals surface area contributed by atoms with E-state index in [9.17, 15) is 35.5 Å².